The van der Waals surface area contributed by atoms with Gasteiger partial charge < -0.3 is 36.0 Å². The summed E-state index contributed by atoms with van der Waals surface area (Å²) < 4.78 is 5.42. The molecule has 0 aromatic carbocycles. The maximum Gasteiger partial charge on any atom is 0.324 e. The lowest BCUT2D eigenvalue weighted by Crippen LogP contribution is -2.58. The molecule has 5 atom stereocenters. The van der Waals surface area contributed by atoms with Gasteiger partial charge in [0.15, 0.2) is 12.4 Å². The summed E-state index contributed by atoms with van der Waals surface area (Å²) in [5.74, 6) is 0.203. The molecule has 2 amide bonds. The quantitative estimate of drug-likeness (QED) is 0.363. The van der Waals surface area contributed by atoms with E-state index in [1.165, 1.54) is 23.2 Å². The molecular weight excluding hydrogens is 282 g/mol. The fourth-order valence-electron chi connectivity index (χ4n) is 2.59. The Bertz CT molecular complexity index is 523. The van der Waals surface area contributed by atoms with Crippen molar-refractivity contribution in [3.63, 3.8) is 0 Å². The second-order valence-corrected chi connectivity index (χ2v) is 5.10. The van der Waals surface area contributed by atoms with E-state index in [-0.39, 0.29) is 5.82 Å². The first-order valence-electron chi connectivity index (χ1n) is 6.43. The number of nitrogens with two attached hydrogens (primary N) is 1. The molecule has 1 unspecified atom stereocenters. The molecule has 0 aromatic rings. The number of nitrogens with zero attached hydrogens (tertiary/aromatic N) is 3. The molecule has 0 aliphatic carbocycles. The predicted octanol–water partition coefficient (Wildman–Crippen LogP) is -3.12. The maximum absolute atomic E-state index is 11.8. The van der Waals surface area contributed by atoms with Gasteiger partial charge in [-0.05, 0) is 0 Å². The topological polar surface area (TPSA) is 144 Å². The van der Waals surface area contributed by atoms with Gasteiger partial charge >= 0.3 is 6.03 Å². The number of urea groups is 1. The fourth-order valence-corrected chi connectivity index (χ4v) is 2.59. The molecule has 0 aromatic heterocycles. The van der Waals surface area contributed by atoms with Gasteiger partial charge in [-0.15, -0.1) is 0 Å². The van der Waals surface area contributed by atoms with Crippen LogP contribution in [0.4, 0.5) is 4.79 Å². The molecule has 0 bridgehead atoms. The predicted molar refractivity (Wildman–Crippen MR) is 69.4 cm³/mol. The summed E-state index contributed by atoms with van der Waals surface area (Å²) in [6.07, 6.45) is -3.61. The van der Waals surface area contributed by atoms with Gasteiger partial charge in [-0.25, -0.2) is 9.79 Å². The van der Waals surface area contributed by atoms with Crippen molar-refractivity contribution in [2.24, 2.45) is 10.7 Å². The van der Waals surface area contributed by atoms with Crippen molar-refractivity contribution in [2.75, 3.05) is 13.7 Å². The van der Waals surface area contributed by atoms with Crippen LogP contribution in [-0.4, -0.2) is 81.8 Å². The number of aliphatic hydroxyl groups is 3. The number of amides is 2. The van der Waals surface area contributed by atoms with Gasteiger partial charge in [0.2, 0.25) is 0 Å². The molecule has 6 N–H and O–H groups in total. The van der Waals surface area contributed by atoms with Gasteiger partial charge in [-0.3, -0.25) is 4.90 Å². The van der Waals surface area contributed by atoms with Gasteiger partial charge in [0.05, 0.1) is 12.9 Å². The zero-order valence-corrected chi connectivity index (χ0v) is 11.2. The van der Waals surface area contributed by atoms with Crippen LogP contribution in [0.3, 0.4) is 0 Å². The number of carbonyl (C=O) groups is 1. The molecular formula is C11H17N5O5. The number of hydrogen-bond donors (Lipinski definition) is 5. The third-order valence-corrected chi connectivity index (χ3v) is 3.89. The van der Waals surface area contributed by atoms with E-state index in [1.807, 2.05) is 0 Å². The first-order chi connectivity index (χ1) is 9.95. The molecule has 1 saturated heterocycles. The van der Waals surface area contributed by atoms with Crippen LogP contribution in [0.25, 0.3) is 0 Å². The van der Waals surface area contributed by atoms with E-state index in [0.29, 0.717) is 5.70 Å². The van der Waals surface area contributed by atoms with E-state index in [1.54, 1.807) is 0 Å². The normalized spacial score (nSPS) is 39.0. The minimum absolute atomic E-state index is 0.203. The molecule has 1 fully saturated rings. The number of nitrogens with one attached hydrogen (secondary N) is 1. The fraction of sp³-hybridized carbons (Fsp3) is 0.636. The summed E-state index contributed by atoms with van der Waals surface area (Å²) in [4.78, 5) is 18.6. The number of fused-ring (bicyclic) bond motifs is 1. The first-order valence-corrected chi connectivity index (χ1v) is 6.43. The van der Waals surface area contributed by atoms with E-state index >= 15 is 0 Å². The second kappa shape index (κ2) is 4.84. The average Bonchev–Trinajstić information content (AvgIpc) is 2.99. The molecule has 0 saturated carbocycles. The molecule has 116 valence electrons. The van der Waals surface area contributed by atoms with Gasteiger partial charge in [-0.2, -0.15) is 0 Å². The second-order valence-electron chi connectivity index (χ2n) is 5.10. The summed E-state index contributed by atoms with van der Waals surface area (Å²) in [5.41, 5.74) is 6.27. The lowest BCUT2D eigenvalue weighted by atomic mass is 10.1. The number of rotatable bonds is 2. The molecule has 0 spiro atoms. The zero-order chi connectivity index (χ0) is 15.3. The third-order valence-electron chi connectivity index (χ3n) is 3.89. The van der Waals surface area contributed by atoms with E-state index in [2.05, 4.69) is 10.3 Å². The SMILES string of the molecule is CN1C(=O)NC2C(=C1N)N=CN2[C@@H]1O[C@H](CO)[C@@H](O)[C@H]1O. The summed E-state index contributed by atoms with van der Waals surface area (Å²) in [7, 11) is 1.51. The lowest BCUT2D eigenvalue weighted by Gasteiger charge is -2.36. The Labute approximate surface area is 120 Å². The monoisotopic (exact) mass is 299 g/mol. The number of aliphatic imine (C=N–C) groups is 1. The molecule has 10 nitrogen and oxygen atoms in total. The van der Waals surface area contributed by atoms with Crippen molar-refractivity contribution in [1.29, 1.82) is 0 Å². The van der Waals surface area contributed by atoms with E-state index in [0.717, 1.165) is 0 Å². The van der Waals surface area contributed by atoms with Gasteiger partial charge in [-0.1, -0.05) is 0 Å². The highest BCUT2D eigenvalue weighted by atomic mass is 16.6. The summed E-state index contributed by atoms with van der Waals surface area (Å²) in [6, 6.07) is -0.413. The van der Waals surface area contributed by atoms with E-state index < -0.39 is 43.3 Å². The molecule has 21 heavy (non-hydrogen) atoms. The van der Waals surface area contributed by atoms with Crippen LogP contribution in [0, 0.1) is 0 Å². The molecule has 3 heterocycles. The molecule has 3 aliphatic rings. The standard InChI is InChI=1S/C11H17N5O5/c1-15-8(12)5-9(14-11(15)20)16(3-13-5)10-7(19)6(18)4(2-17)21-10/h3-4,6-7,9-10,17-19H,2,12H2,1H3,(H,14,20)/t4-,6-,7-,9?,10-/m1/s1. The van der Waals surface area contributed by atoms with E-state index in [9.17, 15) is 15.0 Å². The minimum atomic E-state index is -1.24. The van der Waals surface area contributed by atoms with Crippen molar-refractivity contribution in [2.45, 2.75) is 30.7 Å². The Hall–Kier alpha value is -1.88. The summed E-state index contributed by atoms with van der Waals surface area (Å²) >= 11 is 0. The van der Waals surface area contributed by atoms with Crippen molar-refractivity contribution in [1.82, 2.24) is 15.1 Å². The summed E-state index contributed by atoms with van der Waals surface area (Å²) in [6.45, 7) is -0.426. The highest BCUT2D eigenvalue weighted by Crippen LogP contribution is 2.30. The van der Waals surface area contributed by atoms with Crippen LogP contribution >= 0.6 is 0 Å². The first kappa shape index (κ1) is 14.1. The number of aliphatic hydroxyl groups excluding tert-OH is 3. The smallest absolute Gasteiger partial charge is 0.324 e. The van der Waals surface area contributed by atoms with Crippen LogP contribution in [0.15, 0.2) is 16.5 Å². The molecule has 0 radical (unpaired) electrons. The van der Waals surface area contributed by atoms with Crippen molar-refractivity contribution in [3.05, 3.63) is 11.5 Å². The zero-order valence-electron chi connectivity index (χ0n) is 11.2. The summed E-state index contributed by atoms with van der Waals surface area (Å²) in [5, 5.41) is 31.6. The number of hydrogen-bond acceptors (Lipinski definition) is 8. The Morgan fingerprint density at radius 3 is 2.81 bits per heavy atom. The Balaban J connectivity index is 1.86. The Morgan fingerprint density at radius 1 is 1.48 bits per heavy atom. The average molecular weight is 299 g/mol. The minimum Gasteiger partial charge on any atom is -0.394 e. The van der Waals surface area contributed by atoms with Crippen LogP contribution < -0.4 is 11.1 Å². The van der Waals surface area contributed by atoms with Crippen LogP contribution in [0.2, 0.25) is 0 Å². The van der Waals surface area contributed by atoms with Gasteiger partial charge in [0.1, 0.15) is 29.8 Å². The Kier molecular flexibility index (Phi) is 3.24. The third kappa shape index (κ3) is 1.95. The number of carbonyl (C=O) groups excluding carboxylic acids is 1. The molecule has 10 heteroatoms. The highest BCUT2D eigenvalue weighted by Gasteiger charge is 2.49. The lowest BCUT2D eigenvalue weighted by molar-refractivity contribution is -0.0782. The molecule has 3 aliphatic heterocycles. The highest BCUT2D eigenvalue weighted by molar-refractivity contribution is 5.80. The Morgan fingerprint density at radius 2 is 2.19 bits per heavy atom. The largest absolute Gasteiger partial charge is 0.394 e. The van der Waals surface area contributed by atoms with Crippen molar-refractivity contribution >= 4 is 12.4 Å². The molecule has 3 rings (SSSR count). The van der Waals surface area contributed by atoms with E-state index in [4.69, 9.17) is 15.6 Å². The number of ether oxygens (including phenoxy) is 1. The van der Waals surface area contributed by atoms with Crippen LogP contribution in [-0.2, 0) is 4.74 Å². The van der Waals surface area contributed by atoms with Crippen LogP contribution in [0.5, 0.6) is 0 Å². The van der Waals surface area contributed by atoms with Gasteiger partial charge in [0.25, 0.3) is 0 Å². The maximum atomic E-state index is 11.8. The van der Waals surface area contributed by atoms with Gasteiger partial charge in [0, 0.05) is 7.05 Å². The van der Waals surface area contributed by atoms with Crippen molar-refractivity contribution < 1.29 is 24.9 Å². The van der Waals surface area contributed by atoms with Crippen molar-refractivity contribution in [3.8, 4) is 0 Å². The van der Waals surface area contributed by atoms with Crippen LogP contribution in [0.1, 0.15) is 0 Å².